The van der Waals surface area contributed by atoms with Crippen LogP contribution in [-0.4, -0.2) is 15.2 Å². The van der Waals surface area contributed by atoms with Crippen molar-refractivity contribution in [3.63, 3.8) is 0 Å². The van der Waals surface area contributed by atoms with Crippen molar-refractivity contribution >= 4 is 0 Å². The largest absolute Gasteiger partial charge is 0.384 e. The van der Waals surface area contributed by atoms with Gasteiger partial charge in [-0.25, -0.2) is 4.39 Å². The van der Waals surface area contributed by atoms with Crippen LogP contribution in [0.25, 0.3) is 11.4 Å². The van der Waals surface area contributed by atoms with Gasteiger partial charge in [-0.15, -0.1) is 0 Å². The molecular weight excluding hydrogens is 199 g/mol. The lowest BCUT2D eigenvalue weighted by atomic mass is 10.2. The summed E-state index contributed by atoms with van der Waals surface area (Å²) in [5.41, 5.74) is 0.519. The van der Waals surface area contributed by atoms with Crippen LogP contribution in [0.1, 0.15) is 18.9 Å². The average Bonchev–Trinajstić information content (AvgIpc) is 2.66. The van der Waals surface area contributed by atoms with Gasteiger partial charge in [-0.3, -0.25) is 0 Å². The van der Waals surface area contributed by atoms with Gasteiger partial charge >= 0.3 is 0 Å². The Kier molecular flexibility index (Phi) is 2.47. The lowest BCUT2D eigenvalue weighted by molar-refractivity contribution is 0.152. The van der Waals surface area contributed by atoms with Crippen LogP contribution in [-0.2, 0) is 0 Å². The van der Waals surface area contributed by atoms with Crippen molar-refractivity contribution < 1.29 is 14.0 Å². The monoisotopic (exact) mass is 208 g/mol. The molecule has 1 N–H and O–H groups in total. The Morgan fingerprint density at radius 1 is 1.47 bits per heavy atom. The number of aromatic nitrogens is 2. The first-order valence-corrected chi connectivity index (χ1v) is 4.44. The van der Waals surface area contributed by atoms with E-state index < -0.39 is 6.10 Å². The molecule has 0 spiro atoms. The molecule has 4 nitrogen and oxygen atoms in total. The van der Waals surface area contributed by atoms with E-state index >= 15 is 0 Å². The van der Waals surface area contributed by atoms with E-state index in [1.165, 1.54) is 19.1 Å². The van der Waals surface area contributed by atoms with Crippen molar-refractivity contribution in [2.24, 2.45) is 0 Å². The first-order chi connectivity index (χ1) is 7.16. The van der Waals surface area contributed by atoms with Gasteiger partial charge in [0.1, 0.15) is 11.9 Å². The highest BCUT2D eigenvalue weighted by Crippen LogP contribution is 2.18. The summed E-state index contributed by atoms with van der Waals surface area (Å²) in [6, 6.07) is 5.86. The van der Waals surface area contributed by atoms with Gasteiger partial charge in [0.2, 0.25) is 5.82 Å². The number of aliphatic hydroxyl groups is 1. The molecule has 0 amide bonds. The second kappa shape index (κ2) is 3.78. The maximum Gasteiger partial charge on any atom is 0.255 e. The summed E-state index contributed by atoms with van der Waals surface area (Å²) in [5.74, 6) is 0.0237. The van der Waals surface area contributed by atoms with E-state index in [2.05, 4.69) is 10.1 Å². The predicted molar refractivity (Wildman–Crippen MR) is 50.3 cm³/mol. The van der Waals surface area contributed by atoms with Crippen molar-refractivity contribution in [3.8, 4) is 11.4 Å². The van der Waals surface area contributed by atoms with Crippen molar-refractivity contribution in [1.29, 1.82) is 0 Å². The molecule has 15 heavy (non-hydrogen) atoms. The quantitative estimate of drug-likeness (QED) is 0.819. The highest BCUT2D eigenvalue weighted by Gasteiger charge is 2.12. The number of benzene rings is 1. The van der Waals surface area contributed by atoms with Gasteiger partial charge in [0.25, 0.3) is 5.89 Å². The Hall–Kier alpha value is -1.75. The van der Waals surface area contributed by atoms with Crippen LogP contribution in [0.5, 0.6) is 0 Å². The van der Waals surface area contributed by atoms with Crippen LogP contribution >= 0.6 is 0 Å². The van der Waals surface area contributed by atoms with Crippen LogP contribution in [0, 0.1) is 5.82 Å². The zero-order chi connectivity index (χ0) is 10.8. The third-order valence-electron chi connectivity index (χ3n) is 1.88. The molecule has 0 aliphatic rings. The minimum Gasteiger partial charge on any atom is -0.384 e. The van der Waals surface area contributed by atoms with Gasteiger partial charge < -0.3 is 9.63 Å². The third-order valence-corrected chi connectivity index (χ3v) is 1.88. The van der Waals surface area contributed by atoms with Crippen molar-refractivity contribution in [3.05, 3.63) is 36.0 Å². The number of rotatable bonds is 2. The number of halogens is 1. The molecule has 5 heteroatoms. The molecule has 0 saturated carbocycles. The fourth-order valence-corrected chi connectivity index (χ4v) is 1.15. The SMILES string of the molecule is C[C@@H](O)c1nc(-c2cccc(F)c2)no1. The summed E-state index contributed by atoms with van der Waals surface area (Å²) in [5, 5.41) is 12.8. The number of hydrogen-bond acceptors (Lipinski definition) is 4. The molecule has 1 atom stereocenters. The standard InChI is InChI=1S/C10H9FN2O2/c1-6(14)10-12-9(13-15-10)7-3-2-4-8(11)5-7/h2-6,14H,1H3/t6-/m1/s1. The lowest BCUT2D eigenvalue weighted by Crippen LogP contribution is -1.90. The summed E-state index contributed by atoms with van der Waals surface area (Å²) in [6.07, 6.45) is -0.820. The van der Waals surface area contributed by atoms with E-state index in [0.717, 1.165) is 0 Å². The second-order valence-corrected chi connectivity index (χ2v) is 3.14. The molecule has 0 aliphatic carbocycles. The van der Waals surface area contributed by atoms with E-state index in [-0.39, 0.29) is 17.5 Å². The summed E-state index contributed by atoms with van der Waals surface area (Å²) in [6.45, 7) is 1.52. The molecule has 2 aromatic rings. The summed E-state index contributed by atoms with van der Waals surface area (Å²) >= 11 is 0. The van der Waals surface area contributed by atoms with Gasteiger partial charge in [-0.1, -0.05) is 17.3 Å². The van der Waals surface area contributed by atoms with Gasteiger partial charge in [-0.05, 0) is 19.1 Å². The van der Waals surface area contributed by atoms with Gasteiger partial charge in [-0.2, -0.15) is 4.98 Å². The normalized spacial score (nSPS) is 12.7. The fraction of sp³-hybridized carbons (Fsp3) is 0.200. The summed E-state index contributed by atoms with van der Waals surface area (Å²) in [7, 11) is 0. The van der Waals surface area contributed by atoms with Gasteiger partial charge in [0, 0.05) is 5.56 Å². The zero-order valence-corrected chi connectivity index (χ0v) is 8.01. The first-order valence-electron chi connectivity index (χ1n) is 4.44. The lowest BCUT2D eigenvalue weighted by Gasteiger charge is -1.94. The first kappa shape index (κ1) is 9.79. The minimum atomic E-state index is -0.820. The van der Waals surface area contributed by atoms with E-state index in [0.29, 0.717) is 5.56 Å². The van der Waals surface area contributed by atoms with E-state index in [1.54, 1.807) is 12.1 Å². The number of hydrogen-bond donors (Lipinski definition) is 1. The smallest absolute Gasteiger partial charge is 0.255 e. The molecule has 0 fully saturated rings. The zero-order valence-electron chi connectivity index (χ0n) is 8.01. The topological polar surface area (TPSA) is 59.2 Å². The second-order valence-electron chi connectivity index (χ2n) is 3.14. The number of aliphatic hydroxyl groups excluding tert-OH is 1. The Morgan fingerprint density at radius 2 is 2.27 bits per heavy atom. The highest BCUT2D eigenvalue weighted by atomic mass is 19.1. The Bertz CT molecular complexity index is 468. The van der Waals surface area contributed by atoms with Crippen molar-refractivity contribution in [2.75, 3.05) is 0 Å². The van der Waals surface area contributed by atoms with E-state index in [4.69, 9.17) is 9.63 Å². The molecule has 1 aromatic carbocycles. The van der Waals surface area contributed by atoms with E-state index in [1.807, 2.05) is 0 Å². The molecule has 0 aliphatic heterocycles. The molecule has 0 bridgehead atoms. The maximum atomic E-state index is 12.9. The van der Waals surface area contributed by atoms with Crippen molar-refractivity contribution in [2.45, 2.75) is 13.0 Å². The fourth-order valence-electron chi connectivity index (χ4n) is 1.15. The third kappa shape index (κ3) is 2.02. The van der Waals surface area contributed by atoms with Crippen molar-refractivity contribution in [1.82, 2.24) is 10.1 Å². The van der Waals surface area contributed by atoms with Crippen LogP contribution in [0.2, 0.25) is 0 Å². The van der Waals surface area contributed by atoms with E-state index in [9.17, 15) is 4.39 Å². The van der Waals surface area contributed by atoms with Crippen LogP contribution < -0.4 is 0 Å². The minimum absolute atomic E-state index is 0.120. The predicted octanol–water partition coefficient (Wildman–Crippen LogP) is 1.93. The van der Waals surface area contributed by atoms with Crippen LogP contribution in [0.4, 0.5) is 4.39 Å². The average molecular weight is 208 g/mol. The molecule has 0 saturated heterocycles. The molecule has 0 unspecified atom stereocenters. The highest BCUT2D eigenvalue weighted by molar-refractivity contribution is 5.53. The molecule has 1 aromatic heterocycles. The molecule has 1 heterocycles. The summed E-state index contributed by atoms with van der Waals surface area (Å²) in [4.78, 5) is 3.93. The Balaban J connectivity index is 2.37. The van der Waals surface area contributed by atoms with Gasteiger partial charge in [0.05, 0.1) is 0 Å². The van der Waals surface area contributed by atoms with Crippen LogP contribution in [0.15, 0.2) is 28.8 Å². The van der Waals surface area contributed by atoms with Crippen LogP contribution in [0.3, 0.4) is 0 Å². The van der Waals surface area contributed by atoms with Gasteiger partial charge in [0.15, 0.2) is 0 Å². The maximum absolute atomic E-state index is 12.9. The Labute approximate surface area is 85.4 Å². The Morgan fingerprint density at radius 3 is 2.87 bits per heavy atom. The molecule has 2 rings (SSSR count). The summed E-state index contributed by atoms with van der Waals surface area (Å²) < 4.78 is 17.7. The number of nitrogens with zero attached hydrogens (tertiary/aromatic N) is 2. The molecule has 78 valence electrons. The molecular formula is C10H9FN2O2. The molecule has 0 radical (unpaired) electrons.